The molecule has 0 fully saturated rings. The minimum absolute atomic E-state index is 0.0503. The molecule has 0 aliphatic carbocycles. The molecule has 0 saturated carbocycles. The lowest BCUT2D eigenvalue weighted by Crippen LogP contribution is -2.27. The van der Waals surface area contributed by atoms with E-state index in [1.165, 1.54) is 24.3 Å². The summed E-state index contributed by atoms with van der Waals surface area (Å²) in [7, 11) is 0. The molecule has 4 heteroatoms. The van der Waals surface area contributed by atoms with Crippen molar-refractivity contribution in [3.63, 3.8) is 0 Å². The monoisotopic (exact) mass is 261 g/mol. The van der Waals surface area contributed by atoms with Crippen molar-refractivity contribution in [3.8, 4) is 0 Å². The normalized spacial score (nSPS) is 11.9. The molecular formula is C15H13F2NO. The van der Waals surface area contributed by atoms with Crippen molar-refractivity contribution in [2.75, 3.05) is 0 Å². The van der Waals surface area contributed by atoms with Gasteiger partial charge in [-0.2, -0.15) is 0 Å². The average Bonchev–Trinajstić information content (AvgIpc) is 2.39. The summed E-state index contributed by atoms with van der Waals surface area (Å²) < 4.78 is 27.0. The molecule has 2 aromatic rings. The highest BCUT2D eigenvalue weighted by Gasteiger charge is 2.16. The van der Waals surface area contributed by atoms with Gasteiger partial charge in [-0.15, -0.1) is 0 Å². The number of hydrogen-bond donors (Lipinski definition) is 1. The first-order valence-electron chi connectivity index (χ1n) is 5.89. The first kappa shape index (κ1) is 13.2. The van der Waals surface area contributed by atoms with Gasteiger partial charge in [-0.25, -0.2) is 8.78 Å². The number of hydrogen-bond acceptors (Lipinski definition) is 1. The number of benzene rings is 2. The minimum atomic E-state index is -0.597. The minimum Gasteiger partial charge on any atom is -0.345 e. The van der Waals surface area contributed by atoms with Crippen molar-refractivity contribution >= 4 is 5.91 Å². The molecule has 19 heavy (non-hydrogen) atoms. The topological polar surface area (TPSA) is 29.1 Å². The Hall–Kier alpha value is -2.23. The number of amides is 1. The quantitative estimate of drug-likeness (QED) is 0.900. The molecule has 0 aromatic heterocycles. The predicted molar refractivity (Wildman–Crippen MR) is 68.7 cm³/mol. The zero-order valence-corrected chi connectivity index (χ0v) is 10.4. The fourth-order valence-corrected chi connectivity index (χ4v) is 1.82. The van der Waals surface area contributed by atoms with Gasteiger partial charge < -0.3 is 5.32 Å². The second-order valence-corrected chi connectivity index (χ2v) is 4.20. The van der Waals surface area contributed by atoms with Gasteiger partial charge in [0.25, 0.3) is 5.91 Å². The van der Waals surface area contributed by atoms with Gasteiger partial charge in [-0.1, -0.05) is 30.3 Å². The van der Waals surface area contributed by atoms with Crippen LogP contribution in [0.4, 0.5) is 8.78 Å². The van der Waals surface area contributed by atoms with Gasteiger partial charge in [0.05, 0.1) is 11.6 Å². The van der Waals surface area contributed by atoms with Crippen LogP contribution < -0.4 is 5.32 Å². The second kappa shape index (κ2) is 5.61. The molecule has 0 aliphatic rings. The van der Waals surface area contributed by atoms with Crippen molar-refractivity contribution < 1.29 is 13.6 Å². The lowest BCUT2D eigenvalue weighted by atomic mass is 10.1. The van der Waals surface area contributed by atoms with Crippen molar-refractivity contribution in [3.05, 3.63) is 71.3 Å². The van der Waals surface area contributed by atoms with E-state index in [0.717, 1.165) is 0 Å². The second-order valence-electron chi connectivity index (χ2n) is 4.20. The van der Waals surface area contributed by atoms with E-state index in [2.05, 4.69) is 5.32 Å². The van der Waals surface area contributed by atoms with E-state index >= 15 is 0 Å². The zero-order chi connectivity index (χ0) is 13.8. The molecule has 0 radical (unpaired) electrons. The summed E-state index contributed by atoms with van der Waals surface area (Å²) in [6.45, 7) is 1.65. The number of carbonyl (C=O) groups is 1. The Morgan fingerprint density at radius 1 is 1.00 bits per heavy atom. The van der Waals surface area contributed by atoms with Crippen LogP contribution in [0.1, 0.15) is 28.9 Å². The molecule has 1 unspecified atom stereocenters. The predicted octanol–water partition coefficient (Wildman–Crippen LogP) is 3.46. The largest absolute Gasteiger partial charge is 0.345 e. The first-order valence-corrected chi connectivity index (χ1v) is 5.89. The lowest BCUT2D eigenvalue weighted by Gasteiger charge is -2.15. The molecule has 0 spiro atoms. The van der Waals surface area contributed by atoms with E-state index < -0.39 is 23.6 Å². The molecule has 0 aliphatic heterocycles. The Kier molecular flexibility index (Phi) is 3.90. The third kappa shape index (κ3) is 2.96. The fourth-order valence-electron chi connectivity index (χ4n) is 1.82. The van der Waals surface area contributed by atoms with Crippen LogP contribution in [-0.2, 0) is 0 Å². The van der Waals surface area contributed by atoms with Gasteiger partial charge >= 0.3 is 0 Å². The van der Waals surface area contributed by atoms with Crippen LogP contribution in [0.5, 0.6) is 0 Å². The molecule has 98 valence electrons. The molecule has 2 aromatic carbocycles. The molecular weight excluding hydrogens is 248 g/mol. The summed E-state index contributed by atoms with van der Waals surface area (Å²) >= 11 is 0. The molecule has 2 rings (SSSR count). The molecule has 2 nitrogen and oxygen atoms in total. The van der Waals surface area contributed by atoms with Gasteiger partial charge in [0.1, 0.15) is 11.6 Å². The van der Waals surface area contributed by atoms with E-state index in [1.807, 2.05) is 0 Å². The van der Waals surface area contributed by atoms with Crippen LogP contribution in [0.2, 0.25) is 0 Å². The maximum Gasteiger partial charge on any atom is 0.254 e. The third-order valence-corrected chi connectivity index (χ3v) is 2.84. The van der Waals surface area contributed by atoms with Crippen molar-refractivity contribution in [1.82, 2.24) is 5.32 Å². The standard InChI is InChI=1S/C15H13F2NO/c1-10(11-6-2-4-8-13(11)16)18-15(19)12-7-3-5-9-14(12)17/h2-10H,1H3,(H,18,19). The Morgan fingerprint density at radius 2 is 1.58 bits per heavy atom. The van der Waals surface area contributed by atoms with E-state index in [-0.39, 0.29) is 5.56 Å². The number of carbonyl (C=O) groups excluding carboxylic acids is 1. The van der Waals surface area contributed by atoms with Crippen molar-refractivity contribution in [1.29, 1.82) is 0 Å². The summed E-state index contributed by atoms with van der Waals surface area (Å²) in [4.78, 5) is 11.9. The van der Waals surface area contributed by atoms with Gasteiger partial charge in [0.15, 0.2) is 0 Å². The van der Waals surface area contributed by atoms with Crippen LogP contribution in [0.3, 0.4) is 0 Å². The van der Waals surface area contributed by atoms with Crippen LogP contribution in [-0.4, -0.2) is 5.91 Å². The van der Waals surface area contributed by atoms with E-state index in [1.54, 1.807) is 31.2 Å². The Balaban J connectivity index is 2.16. The maximum atomic E-state index is 13.5. The fraction of sp³-hybridized carbons (Fsp3) is 0.133. The van der Waals surface area contributed by atoms with Gasteiger partial charge in [0.2, 0.25) is 0 Å². The average molecular weight is 261 g/mol. The lowest BCUT2D eigenvalue weighted by molar-refractivity contribution is 0.0935. The highest BCUT2D eigenvalue weighted by Crippen LogP contribution is 2.17. The van der Waals surface area contributed by atoms with Gasteiger partial charge in [-0.3, -0.25) is 4.79 Å². The summed E-state index contributed by atoms with van der Waals surface area (Å²) in [5.74, 6) is -1.56. The SMILES string of the molecule is CC(NC(=O)c1ccccc1F)c1ccccc1F. The summed E-state index contributed by atoms with van der Waals surface area (Å²) in [5, 5.41) is 2.58. The summed E-state index contributed by atoms with van der Waals surface area (Å²) in [6, 6.07) is 11.3. The highest BCUT2D eigenvalue weighted by molar-refractivity contribution is 5.94. The van der Waals surface area contributed by atoms with Gasteiger partial charge in [-0.05, 0) is 25.1 Å². The number of halogens is 2. The molecule has 1 amide bonds. The van der Waals surface area contributed by atoms with E-state index in [4.69, 9.17) is 0 Å². The van der Waals surface area contributed by atoms with E-state index in [9.17, 15) is 13.6 Å². The summed E-state index contributed by atoms with van der Waals surface area (Å²) in [6.07, 6.45) is 0. The van der Waals surface area contributed by atoms with Crippen LogP contribution in [0.15, 0.2) is 48.5 Å². The maximum absolute atomic E-state index is 13.5. The number of nitrogens with one attached hydrogen (secondary N) is 1. The number of rotatable bonds is 3. The zero-order valence-electron chi connectivity index (χ0n) is 10.4. The molecule has 0 bridgehead atoms. The van der Waals surface area contributed by atoms with Crippen LogP contribution >= 0.6 is 0 Å². The molecule has 1 atom stereocenters. The Bertz CT molecular complexity index is 598. The van der Waals surface area contributed by atoms with Crippen LogP contribution in [0, 0.1) is 11.6 Å². The Morgan fingerprint density at radius 3 is 2.21 bits per heavy atom. The van der Waals surface area contributed by atoms with Gasteiger partial charge in [0, 0.05) is 5.56 Å². The van der Waals surface area contributed by atoms with E-state index in [0.29, 0.717) is 5.56 Å². The van der Waals surface area contributed by atoms with Crippen molar-refractivity contribution in [2.24, 2.45) is 0 Å². The molecule has 1 N–H and O–H groups in total. The Labute approximate surface area is 110 Å². The highest BCUT2D eigenvalue weighted by atomic mass is 19.1. The van der Waals surface area contributed by atoms with Crippen molar-refractivity contribution in [2.45, 2.75) is 13.0 Å². The smallest absolute Gasteiger partial charge is 0.254 e. The first-order chi connectivity index (χ1) is 9.09. The summed E-state index contributed by atoms with van der Waals surface area (Å²) in [5.41, 5.74) is 0.317. The third-order valence-electron chi connectivity index (χ3n) is 2.84. The molecule has 0 saturated heterocycles. The van der Waals surface area contributed by atoms with Crippen LogP contribution in [0.25, 0.3) is 0 Å². The molecule has 0 heterocycles.